The molecule has 1 aliphatic carbocycles. The molecule has 7 heteroatoms. The number of carbonyl (C=O) groups excluding carboxylic acids is 2. The van der Waals surface area contributed by atoms with Crippen molar-refractivity contribution in [1.29, 1.82) is 0 Å². The van der Waals surface area contributed by atoms with Crippen molar-refractivity contribution in [3.8, 4) is 5.75 Å². The standard InChI is InChI=1S/C18H27NO2.C14H25N3.C2H4O/c1-4-5-14-6-8-15(9-7-14)18(20)19-16-10-11-17(21-3)13(2)12-16;1-6-13-11(2)9-12(10-14(13)15-3)16-7-8-17(4)5;1-2-3/h10-12,14-15H,4-9H2,1-3H3,(H,19,20);9-10,15-16H,6-8H2,1-5H3;2H,1H3. The minimum atomic E-state index is 0.175. The normalized spacial score (nSPS) is 16.0. The molecule has 0 heterocycles. The number of benzene rings is 2. The lowest BCUT2D eigenvalue weighted by Gasteiger charge is -2.27. The summed E-state index contributed by atoms with van der Waals surface area (Å²) < 4.78 is 5.24. The summed E-state index contributed by atoms with van der Waals surface area (Å²) in [5, 5.41) is 9.79. The predicted octanol–water partition coefficient (Wildman–Crippen LogP) is 7.33. The summed E-state index contributed by atoms with van der Waals surface area (Å²) in [7, 11) is 7.82. The topological polar surface area (TPSA) is 82.7 Å². The van der Waals surface area contributed by atoms with Gasteiger partial charge in [-0.1, -0.05) is 26.7 Å². The zero-order valence-electron chi connectivity index (χ0n) is 27.2. The van der Waals surface area contributed by atoms with Gasteiger partial charge in [0.25, 0.3) is 0 Å². The van der Waals surface area contributed by atoms with Crippen LogP contribution in [0.15, 0.2) is 30.3 Å². The second-order valence-electron chi connectivity index (χ2n) is 11.1. The molecule has 2 aromatic rings. The number of carbonyl (C=O) groups is 2. The van der Waals surface area contributed by atoms with Gasteiger partial charge < -0.3 is 30.4 Å². The number of aryl methyl sites for hydroxylation is 2. The summed E-state index contributed by atoms with van der Waals surface area (Å²) in [5.41, 5.74) is 7.11. The molecule has 0 spiro atoms. The van der Waals surface area contributed by atoms with Gasteiger partial charge in [-0.05, 0) is 120 Å². The van der Waals surface area contributed by atoms with Gasteiger partial charge in [0.1, 0.15) is 12.0 Å². The molecule has 3 rings (SSSR count). The number of amides is 1. The molecular weight excluding hydrogens is 512 g/mol. The van der Waals surface area contributed by atoms with Gasteiger partial charge in [0.2, 0.25) is 5.91 Å². The third-order valence-electron chi connectivity index (χ3n) is 7.56. The SMILES string of the molecule is CC=O.CCCC1CCC(C(=O)Nc2ccc(OC)c(C)c2)CC1.CCc1c(C)cc(NCCN(C)C)cc1NC. The molecule has 0 saturated heterocycles. The van der Waals surface area contributed by atoms with Crippen molar-refractivity contribution in [2.24, 2.45) is 11.8 Å². The average molecular weight is 569 g/mol. The third-order valence-corrected chi connectivity index (χ3v) is 7.56. The summed E-state index contributed by atoms with van der Waals surface area (Å²) in [5.74, 6) is 2.05. The van der Waals surface area contributed by atoms with Crippen LogP contribution >= 0.6 is 0 Å². The summed E-state index contributed by atoms with van der Waals surface area (Å²) in [4.78, 5) is 23.3. The van der Waals surface area contributed by atoms with E-state index < -0.39 is 0 Å². The molecule has 0 unspecified atom stereocenters. The van der Waals surface area contributed by atoms with Crippen LogP contribution in [0.4, 0.5) is 17.1 Å². The first kappa shape index (κ1) is 36.0. The van der Waals surface area contributed by atoms with E-state index in [0.29, 0.717) is 0 Å². The fraction of sp³-hybridized carbons (Fsp3) is 0.588. The quantitative estimate of drug-likeness (QED) is 0.246. The number of nitrogens with one attached hydrogen (secondary N) is 3. The summed E-state index contributed by atoms with van der Waals surface area (Å²) >= 11 is 0. The summed E-state index contributed by atoms with van der Waals surface area (Å²) in [6, 6.07) is 10.2. The number of nitrogens with zero attached hydrogens (tertiary/aromatic N) is 1. The van der Waals surface area contributed by atoms with Crippen LogP contribution in [0.1, 0.15) is 76.0 Å². The van der Waals surface area contributed by atoms with E-state index in [1.165, 1.54) is 55.1 Å². The molecule has 1 fully saturated rings. The fourth-order valence-electron chi connectivity index (χ4n) is 5.36. The molecule has 1 amide bonds. The number of rotatable bonds is 11. The predicted molar refractivity (Wildman–Crippen MR) is 176 cm³/mol. The molecule has 0 bridgehead atoms. The molecule has 3 N–H and O–H groups in total. The van der Waals surface area contributed by atoms with Crippen molar-refractivity contribution in [3.63, 3.8) is 0 Å². The lowest BCUT2D eigenvalue weighted by molar-refractivity contribution is -0.121. The summed E-state index contributed by atoms with van der Waals surface area (Å²) in [6.07, 6.45) is 8.86. The Kier molecular flexibility index (Phi) is 17.5. The van der Waals surface area contributed by atoms with Crippen molar-refractivity contribution in [1.82, 2.24) is 4.90 Å². The van der Waals surface area contributed by atoms with Crippen LogP contribution in [0, 0.1) is 25.7 Å². The fourth-order valence-corrected chi connectivity index (χ4v) is 5.36. The zero-order chi connectivity index (χ0) is 30.8. The van der Waals surface area contributed by atoms with Crippen LogP contribution in [0.2, 0.25) is 0 Å². The van der Waals surface area contributed by atoms with Crippen molar-refractivity contribution < 1.29 is 14.3 Å². The van der Waals surface area contributed by atoms with Crippen molar-refractivity contribution >= 4 is 29.3 Å². The molecule has 0 atom stereocenters. The maximum Gasteiger partial charge on any atom is 0.227 e. The Morgan fingerprint density at radius 3 is 2.17 bits per heavy atom. The van der Waals surface area contributed by atoms with E-state index in [-0.39, 0.29) is 11.8 Å². The average Bonchev–Trinajstić information content (AvgIpc) is 2.94. The minimum absolute atomic E-state index is 0.175. The van der Waals surface area contributed by atoms with Gasteiger partial charge in [0.05, 0.1) is 7.11 Å². The molecule has 0 aromatic heterocycles. The molecule has 1 saturated carbocycles. The Balaban J connectivity index is 0.000000381. The summed E-state index contributed by atoms with van der Waals surface area (Å²) in [6.45, 7) is 12.1. The van der Waals surface area contributed by atoms with Gasteiger partial charge in [0.15, 0.2) is 0 Å². The van der Waals surface area contributed by atoms with E-state index in [4.69, 9.17) is 9.53 Å². The lowest BCUT2D eigenvalue weighted by atomic mass is 9.80. The first-order chi connectivity index (χ1) is 19.6. The number of aldehydes is 1. The smallest absolute Gasteiger partial charge is 0.227 e. The van der Waals surface area contributed by atoms with Gasteiger partial charge in [-0.2, -0.15) is 0 Å². The van der Waals surface area contributed by atoms with Gasteiger partial charge in [0, 0.05) is 43.1 Å². The van der Waals surface area contributed by atoms with Gasteiger partial charge in [-0.15, -0.1) is 0 Å². The molecule has 230 valence electrons. The number of likely N-dealkylation sites (N-methyl/N-ethyl adjacent to an activating group) is 1. The van der Waals surface area contributed by atoms with Gasteiger partial charge >= 0.3 is 0 Å². The van der Waals surface area contributed by atoms with Crippen molar-refractivity contribution in [3.05, 3.63) is 47.0 Å². The number of anilines is 3. The first-order valence-corrected chi connectivity index (χ1v) is 15.2. The van der Waals surface area contributed by atoms with Crippen molar-refractivity contribution in [2.45, 2.75) is 79.6 Å². The van der Waals surface area contributed by atoms with E-state index in [1.54, 1.807) is 7.11 Å². The van der Waals surface area contributed by atoms with Crippen LogP contribution in [-0.4, -0.2) is 58.4 Å². The maximum atomic E-state index is 12.4. The Morgan fingerprint density at radius 2 is 1.66 bits per heavy atom. The monoisotopic (exact) mass is 568 g/mol. The molecule has 0 aliphatic heterocycles. The van der Waals surface area contributed by atoms with Crippen LogP contribution in [-0.2, 0) is 16.0 Å². The second kappa shape index (κ2) is 19.9. The lowest BCUT2D eigenvalue weighted by Crippen LogP contribution is -2.27. The minimum Gasteiger partial charge on any atom is -0.496 e. The zero-order valence-corrected chi connectivity index (χ0v) is 27.2. The number of ether oxygens (including phenoxy) is 1. The molecular formula is C34H56N4O3. The first-order valence-electron chi connectivity index (χ1n) is 15.2. The highest BCUT2D eigenvalue weighted by atomic mass is 16.5. The number of hydrogen-bond donors (Lipinski definition) is 3. The number of hydrogen-bond acceptors (Lipinski definition) is 6. The largest absolute Gasteiger partial charge is 0.496 e. The van der Waals surface area contributed by atoms with E-state index in [0.717, 1.165) is 61.6 Å². The molecule has 2 aromatic carbocycles. The Morgan fingerprint density at radius 1 is 1.02 bits per heavy atom. The molecule has 7 nitrogen and oxygen atoms in total. The molecule has 41 heavy (non-hydrogen) atoms. The maximum absolute atomic E-state index is 12.4. The van der Waals surface area contributed by atoms with Crippen LogP contribution in [0.25, 0.3) is 0 Å². The Bertz CT molecular complexity index is 1050. The van der Waals surface area contributed by atoms with Gasteiger partial charge in [-0.25, -0.2) is 0 Å². The highest BCUT2D eigenvalue weighted by molar-refractivity contribution is 5.92. The highest BCUT2D eigenvalue weighted by Crippen LogP contribution is 2.32. The second-order valence-corrected chi connectivity index (χ2v) is 11.1. The van der Waals surface area contributed by atoms with Crippen LogP contribution in [0.5, 0.6) is 5.75 Å². The van der Waals surface area contributed by atoms with E-state index in [1.807, 2.05) is 32.2 Å². The number of methoxy groups -OCH3 is 1. The van der Waals surface area contributed by atoms with E-state index in [2.05, 4.69) is 67.8 Å². The van der Waals surface area contributed by atoms with Crippen molar-refractivity contribution in [2.75, 3.05) is 57.3 Å². The third kappa shape index (κ3) is 13.0. The Labute approximate surface area is 249 Å². The van der Waals surface area contributed by atoms with E-state index in [9.17, 15) is 4.79 Å². The van der Waals surface area contributed by atoms with E-state index >= 15 is 0 Å². The Hall–Kier alpha value is -3.06. The van der Waals surface area contributed by atoms with Crippen LogP contribution < -0.4 is 20.7 Å². The van der Waals surface area contributed by atoms with Crippen LogP contribution in [0.3, 0.4) is 0 Å². The molecule has 0 radical (unpaired) electrons. The highest BCUT2D eigenvalue weighted by Gasteiger charge is 2.25. The van der Waals surface area contributed by atoms with Gasteiger partial charge in [-0.3, -0.25) is 4.79 Å². The molecule has 1 aliphatic rings.